The van der Waals surface area contributed by atoms with Gasteiger partial charge in [0.15, 0.2) is 5.78 Å². The number of ether oxygens (including phenoxy) is 1. The fourth-order valence-corrected chi connectivity index (χ4v) is 2.75. The fraction of sp³-hybridized carbons (Fsp3) is 0.471. The first-order valence-corrected chi connectivity index (χ1v) is 8.75. The minimum Gasteiger partial charge on any atom is -0.391 e. The number of nitrogens with one attached hydrogen (secondary N) is 1. The van der Waals surface area contributed by atoms with Gasteiger partial charge in [0.25, 0.3) is 5.09 Å². The Morgan fingerprint density at radius 3 is 2.56 bits per heavy atom. The number of rotatable bonds is 8. The molecule has 0 spiro atoms. The standard InChI is InChI=1S/C17H20N2O7S/c1-17(27,16(22)26-15(21)13-3-2-8-18-13)9-14(20)12-6-4-11(5-7-12)10-25-19(23)24/h4-7,13,18,27H,2-3,8-10H2,1H3/t13-,17-/m0/s1. The third-order valence-corrected chi connectivity index (χ3v) is 4.44. The molecule has 1 aliphatic rings. The minimum atomic E-state index is -1.47. The van der Waals surface area contributed by atoms with E-state index in [1.165, 1.54) is 31.2 Å². The molecule has 0 bridgehead atoms. The third kappa shape index (κ3) is 6.04. The van der Waals surface area contributed by atoms with Crippen molar-refractivity contribution in [1.82, 2.24) is 5.32 Å². The van der Waals surface area contributed by atoms with Gasteiger partial charge in [-0.3, -0.25) is 9.59 Å². The van der Waals surface area contributed by atoms with E-state index in [-0.39, 0.29) is 18.8 Å². The van der Waals surface area contributed by atoms with Gasteiger partial charge in [-0.15, -0.1) is 10.1 Å². The van der Waals surface area contributed by atoms with Crippen LogP contribution >= 0.6 is 12.6 Å². The van der Waals surface area contributed by atoms with Gasteiger partial charge >= 0.3 is 11.9 Å². The van der Waals surface area contributed by atoms with Crippen LogP contribution in [0.2, 0.25) is 0 Å². The maximum Gasteiger partial charge on any atom is 0.330 e. The highest BCUT2D eigenvalue weighted by Gasteiger charge is 2.37. The van der Waals surface area contributed by atoms with Crippen LogP contribution in [-0.4, -0.2) is 40.1 Å². The summed E-state index contributed by atoms with van der Waals surface area (Å²) >= 11 is 4.20. The van der Waals surface area contributed by atoms with Crippen LogP contribution in [0, 0.1) is 10.1 Å². The number of carbonyl (C=O) groups is 3. The van der Waals surface area contributed by atoms with Crippen LogP contribution in [0.1, 0.15) is 42.1 Å². The minimum absolute atomic E-state index is 0.227. The molecule has 1 fully saturated rings. The largest absolute Gasteiger partial charge is 0.391 e. The van der Waals surface area contributed by atoms with Crippen molar-refractivity contribution in [1.29, 1.82) is 0 Å². The van der Waals surface area contributed by atoms with E-state index in [4.69, 9.17) is 4.74 Å². The van der Waals surface area contributed by atoms with Crippen molar-refractivity contribution in [2.24, 2.45) is 0 Å². The average molecular weight is 396 g/mol. The summed E-state index contributed by atoms with van der Waals surface area (Å²) in [7, 11) is 0. The molecule has 0 aliphatic carbocycles. The molecule has 2 rings (SSSR count). The molecule has 0 saturated carbocycles. The molecule has 27 heavy (non-hydrogen) atoms. The van der Waals surface area contributed by atoms with Gasteiger partial charge in [0, 0.05) is 12.0 Å². The second-order valence-corrected chi connectivity index (χ2v) is 7.41. The zero-order chi connectivity index (χ0) is 20.0. The van der Waals surface area contributed by atoms with Gasteiger partial charge in [-0.25, -0.2) is 4.79 Å². The average Bonchev–Trinajstić information content (AvgIpc) is 3.14. The molecule has 146 valence electrons. The summed E-state index contributed by atoms with van der Waals surface area (Å²) in [6.07, 6.45) is 1.15. The number of esters is 2. The van der Waals surface area contributed by atoms with Gasteiger partial charge in [0.1, 0.15) is 17.4 Å². The van der Waals surface area contributed by atoms with Crippen molar-refractivity contribution in [2.45, 2.75) is 43.6 Å². The third-order valence-electron chi connectivity index (χ3n) is 4.10. The van der Waals surface area contributed by atoms with Crippen LogP contribution in [0.5, 0.6) is 0 Å². The topological polar surface area (TPSA) is 125 Å². The molecular weight excluding hydrogens is 376 g/mol. The van der Waals surface area contributed by atoms with E-state index in [1.807, 2.05) is 0 Å². The number of benzene rings is 1. The molecular formula is C17H20N2O7S. The SMILES string of the molecule is C[C@](S)(CC(=O)c1ccc(CO[N+](=O)[O-])cc1)C(=O)OC(=O)[C@@H]1CCCN1. The van der Waals surface area contributed by atoms with Crippen LogP contribution in [0.4, 0.5) is 0 Å². The Morgan fingerprint density at radius 2 is 2.00 bits per heavy atom. The number of nitrogens with zero attached hydrogens (tertiary/aromatic N) is 1. The molecule has 1 aliphatic heterocycles. The Bertz CT molecular complexity index is 727. The first-order chi connectivity index (χ1) is 12.7. The number of carbonyl (C=O) groups excluding carboxylic acids is 3. The number of Topliss-reactive ketones (excluding diaryl/α,β-unsaturated/α-hetero) is 1. The second kappa shape index (κ2) is 8.96. The van der Waals surface area contributed by atoms with Gasteiger partial charge < -0.3 is 14.9 Å². The van der Waals surface area contributed by atoms with Crippen molar-refractivity contribution in [3.63, 3.8) is 0 Å². The Morgan fingerprint density at radius 1 is 1.33 bits per heavy atom. The predicted molar refractivity (Wildman–Crippen MR) is 96.7 cm³/mol. The van der Waals surface area contributed by atoms with E-state index in [1.54, 1.807) is 0 Å². The maximum atomic E-state index is 12.4. The highest BCUT2D eigenvalue weighted by atomic mass is 32.1. The van der Waals surface area contributed by atoms with Gasteiger partial charge in [0.2, 0.25) is 0 Å². The summed E-state index contributed by atoms with van der Waals surface area (Å²) in [5.74, 6) is -1.92. The Kier molecular flexibility index (Phi) is 6.92. The smallest absolute Gasteiger partial charge is 0.330 e. The molecule has 1 saturated heterocycles. The summed E-state index contributed by atoms with van der Waals surface area (Å²) in [5, 5.41) is 12.2. The van der Waals surface area contributed by atoms with E-state index in [9.17, 15) is 24.5 Å². The molecule has 1 N–H and O–H groups in total. The molecule has 1 heterocycles. The Balaban J connectivity index is 1.92. The quantitative estimate of drug-likeness (QED) is 0.169. The van der Waals surface area contributed by atoms with Gasteiger partial charge in [-0.2, -0.15) is 12.6 Å². The zero-order valence-corrected chi connectivity index (χ0v) is 15.6. The van der Waals surface area contributed by atoms with Crippen molar-refractivity contribution in [3.05, 3.63) is 45.5 Å². The summed E-state index contributed by atoms with van der Waals surface area (Å²) in [5.41, 5.74) is 0.822. The normalized spacial score (nSPS) is 18.4. The van der Waals surface area contributed by atoms with Crippen LogP contribution < -0.4 is 5.32 Å². The summed E-state index contributed by atoms with van der Waals surface area (Å²) < 4.78 is 3.39. The zero-order valence-electron chi connectivity index (χ0n) is 14.7. The van der Waals surface area contributed by atoms with Crippen LogP contribution in [-0.2, 0) is 25.8 Å². The van der Waals surface area contributed by atoms with E-state index >= 15 is 0 Å². The Hall–Kier alpha value is -2.46. The first kappa shape index (κ1) is 20.8. The summed E-state index contributed by atoms with van der Waals surface area (Å²) in [6, 6.07) is 5.47. The molecule has 1 aromatic rings. The second-order valence-electron chi connectivity index (χ2n) is 6.43. The number of ketones is 1. The van der Waals surface area contributed by atoms with E-state index in [2.05, 4.69) is 22.8 Å². The number of hydrogen-bond acceptors (Lipinski definition) is 9. The highest BCUT2D eigenvalue weighted by molar-refractivity contribution is 7.82. The summed E-state index contributed by atoms with van der Waals surface area (Å²) in [6.45, 7) is 1.87. The van der Waals surface area contributed by atoms with Gasteiger partial charge in [-0.1, -0.05) is 24.3 Å². The predicted octanol–water partition coefficient (Wildman–Crippen LogP) is 1.48. The van der Waals surface area contributed by atoms with E-state index in [0.29, 0.717) is 24.1 Å². The van der Waals surface area contributed by atoms with E-state index < -0.39 is 27.8 Å². The van der Waals surface area contributed by atoms with Gasteiger partial charge in [-0.05, 0) is 31.9 Å². The van der Waals surface area contributed by atoms with Crippen LogP contribution in [0.25, 0.3) is 0 Å². The monoisotopic (exact) mass is 396 g/mol. The lowest BCUT2D eigenvalue weighted by atomic mass is 9.98. The molecule has 1 aromatic carbocycles. The molecule has 0 aromatic heterocycles. The van der Waals surface area contributed by atoms with Crippen LogP contribution in [0.15, 0.2) is 24.3 Å². The fourth-order valence-electron chi connectivity index (χ4n) is 2.56. The van der Waals surface area contributed by atoms with Crippen molar-refractivity contribution < 1.29 is 29.0 Å². The lowest BCUT2D eigenvalue weighted by molar-refractivity contribution is -0.763. The van der Waals surface area contributed by atoms with Crippen molar-refractivity contribution in [2.75, 3.05) is 6.54 Å². The molecule has 0 unspecified atom stereocenters. The van der Waals surface area contributed by atoms with Gasteiger partial charge in [0.05, 0.1) is 0 Å². The molecule has 0 amide bonds. The first-order valence-electron chi connectivity index (χ1n) is 8.30. The Labute approximate surface area is 160 Å². The number of hydrogen-bond donors (Lipinski definition) is 2. The summed E-state index contributed by atoms with van der Waals surface area (Å²) in [4.78, 5) is 51.0. The lowest BCUT2D eigenvalue weighted by Gasteiger charge is -2.21. The molecule has 10 heteroatoms. The van der Waals surface area contributed by atoms with Crippen molar-refractivity contribution in [3.8, 4) is 0 Å². The molecule has 0 radical (unpaired) electrons. The molecule has 2 atom stereocenters. The van der Waals surface area contributed by atoms with Crippen LogP contribution in [0.3, 0.4) is 0 Å². The van der Waals surface area contributed by atoms with E-state index in [0.717, 1.165) is 6.42 Å². The lowest BCUT2D eigenvalue weighted by Crippen LogP contribution is -2.40. The number of thiol groups is 1. The van der Waals surface area contributed by atoms with Crippen molar-refractivity contribution >= 4 is 30.4 Å². The molecule has 9 nitrogen and oxygen atoms in total. The highest BCUT2D eigenvalue weighted by Crippen LogP contribution is 2.24. The maximum absolute atomic E-state index is 12.4.